The number of hydrogen-bond donors (Lipinski definition) is 2. The summed E-state index contributed by atoms with van der Waals surface area (Å²) in [6, 6.07) is -0.573. The number of amides is 1. The van der Waals surface area contributed by atoms with Crippen LogP contribution in [-0.2, 0) is 21.9 Å². The summed E-state index contributed by atoms with van der Waals surface area (Å²) in [6.45, 7) is 3.32. The first-order valence-corrected chi connectivity index (χ1v) is 12.3. The van der Waals surface area contributed by atoms with E-state index in [1.807, 2.05) is 0 Å². The number of aromatic nitrogens is 4. The van der Waals surface area contributed by atoms with E-state index in [4.69, 9.17) is 4.74 Å². The molecule has 2 atom stereocenters. The molecule has 214 valence electrons. The third kappa shape index (κ3) is 6.96. The molecule has 1 amide bonds. The molecule has 10 nitrogen and oxygen atoms in total. The largest absolute Gasteiger partial charge is 0.423 e. The Morgan fingerprint density at radius 2 is 1.74 bits per heavy atom. The van der Waals surface area contributed by atoms with Crippen molar-refractivity contribution < 1.29 is 35.9 Å². The van der Waals surface area contributed by atoms with Crippen molar-refractivity contribution in [2.24, 2.45) is 5.92 Å². The number of likely N-dealkylation sites (tertiary alicyclic amines) is 1. The Morgan fingerprint density at radius 3 is 2.36 bits per heavy atom. The van der Waals surface area contributed by atoms with E-state index in [-0.39, 0.29) is 30.5 Å². The highest BCUT2D eigenvalue weighted by atomic mass is 19.4. The van der Waals surface area contributed by atoms with Gasteiger partial charge in [0.25, 0.3) is 5.56 Å². The number of H-pyrrole nitrogens is 1. The number of rotatable bonds is 7. The molecule has 2 aromatic rings. The van der Waals surface area contributed by atoms with Crippen LogP contribution < -0.4 is 15.8 Å². The summed E-state index contributed by atoms with van der Waals surface area (Å²) in [4.78, 5) is 35.7. The van der Waals surface area contributed by atoms with Gasteiger partial charge in [0, 0.05) is 50.5 Å². The van der Waals surface area contributed by atoms with Crippen LogP contribution in [0.2, 0.25) is 0 Å². The van der Waals surface area contributed by atoms with Gasteiger partial charge < -0.3 is 19.9 Å². The molecule has 2 saturated heterocycles. The van der Waals surface area contributed by atoms with E-state index in [0.717, 1.165) is 18.6 Å². The normalized spacial score (nSPS) is 19.8. The van der Waals surface area contributed by atoms with Crippen molar-refractivity contribution in [3.05, 3.63) is 40.1 Å². The Balaban J connectivity index is 1.23. The number of carbonyl (C=O) groups is 1. The summed E-state index contributed by atoms with van der Waals surface area (Å²) in [6.07, 6.45) is -5.72. The Hall–Kier alpha value is -3.43. The van der Waals surface area contributed by atoms with Gasteiger partial charge in [-0.25, -0.2) is 15.1 Å². The van der Waals surface area contributed by atoms with Crippen molar-refractivity contribution in [2.75, 3.05) is 43.0 Å². The second-order valence-electron chi connectivity index (χ2n) is 9.59. The minimum Gasteiger partial charge on any atom is -0.378 e. The SMILES string of the molecule is C[C@@H](COC1CCN(C(=O)C2CCN(c3ncc(C(F)(F)F)cn3)CC2)C1)Nc1cn[nH]c(=O)c1C(F)(F)F. The summed E-state index contributed by atoms with van der Waals surface area (Å²) in [5.74, 6) is -0.103. The van der Waals surface area contributed by atoms with E-state index < -0.39 is 40.8 Å². The smallest absolute Gasteiger partial charge is 0.378 e. The van der Waals surface area contributed by atoms with Gasteiger partial charge in [0.1, 0.15) is 5.56 Å². The molecule has 2 fully saturated rings. The van der Waals surface area contributed by atoms with E-state index in [2.05, 4.69) is 20.4 Å². The molecule has 4 rings (SSSR count). The van der Waals surface area contributed by atoms with Crippen molar-refractivity contribution >= 4 is 17.5 Å². The maximum atomic E-state index is 13.2. The third-order valence-corrected chi connectivity index (χ3v) is 6.67. The predicted octanol–water partition coefficient (Wildman–Crippen LogP) is 2.93. The summed E-state index contributed by atoms with van der Waals surface area (Å²) >= 11 is 0. The molecule has 2 aliphatic rings. The highest BCUT2D eigenvalue weighted by Crippen LogP contribution is 2.32. The molecule has 0 spiro atoms. The van der Waals surface area contributed by atoms with Crippen LogP contribution in [0.4, 0.5) is 38.0 Å². The highest BCUT2D eigenvalue weighted by molar-refractivity contribution is 5.79. The Kier molecular flexibility index (Phi) is 8.32. The average molecular weight is 564 g/mol. The molecule has 4 heterocycles. The quantitative estimate of drug-likeness (QED) is 0.495. The van der Waals surface area contributed by atoms with Gasteiger partial charge in [0.15, 0.2) is 0 Å². The molecule has 0 aromatic carbocycles. The fourth-order valence-corrected chi connectivity index (χ4v) is 4.66. The Morgan fingerprint density at radius 1 is 1.08 bits per heavy atom. The van der Waals surface area contributed by atoms with Crippen molar-refractivity contribution in [1.29, 1.82) is 0 Å². The highest BCUT2D eigenvalue weighted by Gasteiger charge is 2.38. The zero-order valence-electron chi connectivity index (χ0n) is 20.8. The van der Waals surface area contributed by atoms with Gasteiger partial charge in [-0.3, -0.25) is 9.59 Å². The van der Waals surface area contributed by atoms with E-state index in [1.165, 1.54) is 0 Å². The summed E-state index contributed by atoms with van der Waals surface area (Å²) in [5, 5.41) is 7.81. The maximum Gasteiger partial charge on any atom is 0.423 e. The van der Waals surface area contributed by atoms with Crippen LogP contribution in [0.15, 0.2) is 23.4 Å². The fourth-order valence-electron chi connectivity index (χ4n) is 4.66. The lowest BCUT2D eigenvalue weighted by Crippen LogP contribution is -2.42. The second-order valence-corrected chi connectivity index (χ2v) is 9.59. The number of aromatic amines is 1. The van der Waals surface area contributed by atoms with Crippen LogP contribution in [0.1, 0.15) is 37.3 Å². The van der Waals surface area contributed by atoms with E-state index >= 15 is 0 Å². The van der Waals surface area contributed by atoms with Gasteiger partial charge in [-0.15, -0.1) is 0 Å². The van der Waals surface area contributed by atoms with Gasteiger partial charge in [0.2, 0.25) is 11.9 Å². The van der Waals surface area contributed by atoms with Gasteiger partial charge in [-0.05, 0) is 26.2 Å². The number of anilines is 2. The molecule has 0 saturated carbocycles. The molecule has 16 heteroatoms. The molecule has 2 aromatic heterocycles. The van der Waals surface area contributed by atoms with Crippen molar-refractivity contribution in [3.63, 3.8) is 0 Å². The minimum absolute atomic E-state index is 0.0373. The van der Waals surface area contributed by atoms with Gasteiger partial charge in [-0.1, -0.05) is 0 Å². The molecular weight excluding hydrogens is 536 g/mol. The zero-order chi connectivity index (χ0) is 28.4. The molecule has 39 heavy (non-hydrogen) atoms. The average Bonchev–Trinajstić information content (AvgIpc) is 3.35. The number of piperidine rings is 1. The minimum atomic E-state index is -4.85. The van der Waals surface area contributed by atoms with Crippen LogP contribution in [0, 0.1) is 5.92 Å². The van der Waals surface area contributed by atoms with E-state index in [1.54, 1.807) is 21.8 Å². The number of ether oxygens (including phenoxy) is 1. The van der Waals surface area contributed by atoms with Gasteiger partial charge >= 0.3 is 12.4 Å². The Bertz CT molecular complexity index is 1200. The van der Waals surface area contributed by atoms with Crippen LogP contribution in [0.5, 0.6) is 0 Å². The first kappa shape index (κ1) is 28.6. The third-order valence-electron chi connectivity index (χ3n) is 6.67. The maximum absolute atomic E-state index is 13.2. The number of hydrogen-bond acceptors (Lipinski definition) is 8. The summed E-state index contributed by atoms with van der Waals surface area (Å²) in [5.41, 5.74) is -4.08. The standard InChI is InChI=1S/C23H27F6N7O3/c1-13(33-17-10-32-34-19(37)18(17)23(27,28)29)12-39-16-4-7-36(11-16)20(38)14-2-5-35(6-3-14)21-30-8-15(9-31-21)22(24,25)26/h8-10,13-14,16H,2-7,11-12H2,1H3,(H2,33,34,37)/t13-,16?/m0/s1. The second kappa shape index (κ2) is 11.4. The number of nitrogens with one attached hydrogen (secondary N) is 2. The van der Waals surface area contributed by atoms with Crippen LogP contribution in [0.25, 0.3) is 0 Å². The van der Waals surface area contributed by atoms with E-state index in [9.17, 15) is 35.9 Å². The lowest BCUT2D eigenvalue weighted by atomic mass is 9.95. The van der Waals surface area contributed by atoms with Crippen LogP contribution in [0.3, 0.4) is 0 Å². The van der Waals surface area contributed by atoms with Crippen LogP contribution >= 0.6 is 0 Å². The molecule has 1 unspecified atom stereocenters. The van der Waals surface area contributed by atoms with Crippen molar-refractivity contribution in [1.82, 2.24) is 25.1 Å². The molecule has 0 radical (unpaired) electrons. The molecule has 0 bridgehead atoms. The molecule has 2 aliphatic heterocycles. The van der Waals surface area contributed by atoms with Crippen molar-refractivity contribution in [3.8, 4) is 0 Å². The monoisotopic (exact) mass is 563 g/mol. The predicted molar refractivity (Wildman–Crippen MR) is 126 cm³/mol. The van der Waals surface area contributed by atoms with Crippen molar-refractivity contribution in [2.45, 2.75) is 50.7 Å². The number of carbonyl (C=O) groups excluding carboxylic acids is 1. The first-order valence-electron chi connectivity index (χ1n) is 12.3. The van der Waals surface area contributed by atoms with Crippen LogP contribution in [-0.4, -0.2) is 75.9 Å². The number of alkyl halides is 6. The molecular formula is C23H27F6N7O3. The summed E-state index contributed by atoms with van der Waals surface area (Å²) in [7, 11) is 0. The van der Waals surface area contributed by atoms with Gasteiger partial charge in [0.05, 0.1) is 30.2 Å². The van der Waals surface area contributed by atoms with E-state index in [0.29, 0.717) is 45.4 Å². The summed E-state index contributed by atoms with van der Waals surface area (Å²) < 4.78 is 83.7. The lowest BCUT2D eigenvalue weighted by Gasteiger charge is -2.33. The Labute approximate surface area is 218 Å². The fraction of sp³-hybridized carbons (Fsp3) is 0.609. The van der Waals surface area contributed by atoms with Gasteiger partial charge in [-0.2, -0.15) is 31.4 Å². The molecule has 0 aliphatic carbocycles. The topological polar surface area (TPSA) is 116 Å². The zero-order valence-corrected chi connectivity index (χ0v) is 20.8. The number of halogens is 6. The number of nitrogens with zero attached hydrogens (tertiary/aromatic N) is 5. The lowest BCUT2D eigenvalue weighted by molar-refractivity contribution is -0.139. The first-order chi connectivity index (χ1) is 18.3. The molecule has 2 N–H and O–H groups in total.